The predicted molar refractivity (Wildman–Crippen MR) is 76.1 cm³/mol. The number of hydrogen-bond donors (Lipinski definition) is 2. The number of primary amides is 1. The number of methoxy groups -OCH3 is 1. The van der Waals surface area contributed by atoms with Crippen LogP contribution in [0.15, 0.2) is 30.5 Å². The molecule has 1 atom stereocenters. The van der Waals surface area contributed by atoms with Gasteiger partial charge in [-0.3, -0.25) is 4.79 Å². The molecule has 0 spiro atoms. The molecular weight excluding hydrogens is 256 g/mol. The first kappa shape index (κ1) is 14.1. The molecule has 1 aromatic heterocycles. The fourth-order valence-corrected chi connectivity index (χ4v) is 2.08. The van der Waals surface area contributed by atoms with Gasteiger partial charge in [-0.1, -0.05) is 6.07 Å². The summed E-state index contributed by atoms with van der Waals surface area (Å²) < 4.78 is 7.04. The Bertz CT molecular complexity index is 621. The average molecular weight is 274 g/mol. The zero-order valence-electron chi connectivity index (χ0n) is 11.8. The van der Waals surface area contributed by atoms with E-state index in [1.165, 1.54) is 0 Å². The molecule has 3 N–H and O–H groups in total. The lowest BCUT2D eigenvalue weighted by atomic mass is 10.0. The monoisotopic (exact) mass is 274 g/mol. The third-order valence-corrected chi connectivity index (χ3v) is 3.22. The van der Waals surface area contributed by atoms with E-state index in [0.717, 1.165) is 17.0 Å². The molecule has 2 aromatic rings. The van der Waals surface area contributed by atoms with Crippen molar-refractivity contribution in [2.45, 2.75) is 13.0 Å². The topological polar surface area (TPSA) is 82.2 Å². The molecule has 1 heterocycles. The number of aromatic nitrogens is 2. The quantitative estimate of drug-likeness (QED) is 0.860. The number of nitrogens with zero attached hydrogens (tertiary/aromatic N) is 2. The number of nitrogens with one attached hydrogen (secondary N) is 1. The van der Waals surface area contributed by atoms with Gasteiger partial charge in [0, 0.05) is 17.8 Å². The number of amides is 1. The van der Waals surface area contributed by atoms with E-state index >= 15 is 0 Å². The lowest BCUT2D eigenvalue weighted by Crippen LogP contribution is -2.17. The van der Waals surface area contributed by atoms with Gasteiger partial charge in [-0.15, -0.1) is 0 Å². The van der Waals surface area contributed by atoms with Gasteiger partial charge in [0.15, 0.2) is 0 Å². The van der Waals surface area contributed by atoms with Crippen LogP contribution in [-0.2, 0) is 0 Å². The van der Waals surface area contributed by atoms with E-state index in [4.69, 9.17) is 10.5 Å². The molecule has 1 unspecified atom stereocenters. The highest BCUT2D eigenvalue weighted by Crippen LogP contribution is 2.30. The summed E-state index contributed by atoms with van der Waals surface area (Å²) in [5, 5.41) is 7.37. The molecule has 20 heavy (non-hydrogen) atoms. The fourth-order valence-electron chi connectivity index (χ4n) is 2.08. The third kappa shape index (κ3) is 2.50. The van der Waals surface area contributed by atoms with Crippen LogP contribution >= 0.6 is 0 Å². The number of ether oxygens (including phenoxy) is 1. The molecule has 0 aliphatic rings. The zero-order valence-corrected chi connectivity index (χ0v) is 11.8. The molecule has 1 aromatic carbocycles. The van der Waals surface area contributed by atoms with Crippen molar-refractivity contribution < 1.29 is 9.53 Å². The van der Waals surface area contributed by atoms with Crippen LogP contribution in [0.3, 0.4) is 0 Å². The molecule has 106 valence electrons. The van der Waals surface area contributed by atoms with E-state index in [-0.39, 0.29) is 11.7 Å². The van der Waals surface area contributed by atoms with Crippen LogP contribution in [0, 0.1) is 0 Å². The summed E-state index contributed by atoms with van der Waals surface area (Å²) in [7, 11) is 3.50. The Hall–Kier alpha value is -2.34. The Morgan fingerprint density at radius 2 is 2.20 bits per heavy atom. The Kier molecular flexibility index (Phi) is 4.05. The van der Waals surface area contributed by atoms with Gasteiger partial charge < -0.3 is 15.8 Å². The van der Waals surface area contributed by atoms with E-state index in [1.807, 2.05) is 32.2 Å². The smallest absolute Gasteiger partial charge is 0.269 e. The summed E-state index contributed by atoms with van der Waals surface area (Å²) >= 11 is 0. The van der Waals surface area contributed by atoms with Gasteiger partial charge in [-0.25, -0.2) is 4.68 Å². The standard InChI is InChI=1S/C14H18N4O2/c1-9(16-2)13-11(5-4-6-12(13)20-3)18-8-7-10(17-18)14(15)19/h4-9,16H,1-3H3,(H2,15,19). The molecule has 0 radical (unpaired) electrons. The summed E-state index contributed by atoms with van der Waals surface area (Å²) in [6.45, 7) is 2.03. The predicted octanol–water partition coefficient (Wildman–Crippen LogP) is 1.26. The van der Waals surface area contributed by atoms with Crippen LogP contribution in [0.5, 0.6) is 5.75 Å². The SMILES string of the molecule is CNC(C)c1c(OC)cccc1-n1ccc(C(N)=O)n1. The molecule has 2 rings (SSSR count). The number of hydrogen-bond acceptors (Lipinski definition) is 4. The summed E-state index contributed by atoms with van der Waals surface area (Å²) in [5.41, 5.74) is 7.28. The summed E-state index contributed by atoms with van der Waals surface area (Å²) in [6, 6.07) is 7.36. The first-order valence-electron chi connectivity index (χ1n) is 6.28. The molecule has 0 saturated heterocycles. The Labute approximate surface area is 117 Å². The molecule has 0 fully saturated rings. The van der Waals surface area contributed by atoms with Crippen LogP contribution in [0.2, 0.25) is 0 Å². The van der Waals surface area contributed by atoms with Gasteiger partial charge in [0.25, 0.3) is 5.91 Å². The minimum atomic E-state index is -0.546. The van der Waals surface area contributed by atoms with Gasteiger partial charge in [-0.05, 0) is 32.2 Å². The highest BCUT2D eigenvalue weighted by molar-refractivity contribution is 5.90. The van der Waals surface area contributed by atoms with Gasteiger partial charge in [0.1, 0.15) is 11.4 Å². The molecule has 6 heteroatoms. The number of nitrogens with two attached hydrogens (primary N) is 1. The summed E-state index contributed by atoms with van der Waals surface area (Å²) in [6.07, 6.45) is 1.71. The lowest BCUT2D eigenvalue weighted by Gasteiger charge is -2.19. The molecule has 6 nitrogen and oxygen atoms in total. The van der Waals surface area contributed by atoms with Crippen LogP contribution in [-0.4, -0.2) is 29.8 Å². The maximum atomic E-state index is 11.2. The molecular formula is C14H18N4O2. The molecule has 0 aliphatic carbocycles. The van der Waals surface area contributed by atoms with E-state index in [0.29, 0.717) is 0 Å². The van der Waals surface area contributed by atoms with Gasteiger partial charge in [-0.2, -0.15) is 5.10 Å². The highest BCUT2D eigenvalue weighted by atomic mass is 16.5. The zero-order chi connectivity index (χ0) is 14.7. The van der Waals surface area contributed by atoms with Crippen LogP contribution in [0.25, 0.3) is 5.69 Å². The van der Waals surface area contributed by atoms with Crippen molar-refractivity contribution in [3.05, 3.63) is 41.7 Å². The van der Waals surface area contributed by atoms with Crippen molar-refractivity contribution in [2.24, 2.45) is 5.73 Å². The van der Waals surface area contributed by atoms with Crippen LogP contribution < -0.4 is 15.8 Å². The number of carbonyl (C=O) groups excluding carboxylic acids is 1. The fraction of sp³-hybridized carbons (Fsp3) is 0.286. The number of rotatable bonds is 5. The van der Waals surface area contributed by atoms with E-state index in [2.05, 4.69) is 10.4 Å². The molecule has 0 bridgehead atoms. The number of benzene rings is 1. The Morgan fingerprint density at radius 1 is 1.45 bits per heavy atom. The van der Waals surface area contributed by atoms with Crippen molar-refractivity contribution in [2.75, 3.05) is 14.2 Å². The molecule has 1 amide bonds. The normalized spacial score (nSPS) is 12.2. The maximum absolute atomic E-state index is 11.2. The third-order valence-electron chi connectivity index (χ3n) is 3.22. The summed E-state index contributed by atoms with van der Waals surface area (Å²) in [4.78, 5) is 11.2. The van der Waals surface area contributed by atoms with Gasteiger partial charge >= 0.3 is 0 Å². The van der Waals surface area contributed by atoms with Crippen molar-refractivity contribution in [1.29, 1.82) is 0 Å². The summed E-state index contributed by atoms with van der Waals surface area (Å²) in [5.74, 6) is 0.218. The van der Waals surface area contributed by atoms with Crippen LogP contribution in [0.4, 0.5) is 0 Å². The minimum absolute atomic E-state index is 0.0716. The first-order valence-corrected chi connectivity index (χ1v) is 6.28. The van der Waals surface area contributed by atoms with Crippen molar-refractivity contribution in [3.63, 3.8) is 0 Å². The highest BCUT2D eigenvalue weighted by Gasteiger charge is 2.17. The molecule has 0 saturated carbocycles. The molecule has 0 aliphatic heterocycles. The second-order valence-corrected chi connectivity index (χ2v) is 4.41. The Balaban J connectivity index is 2.57. The maximum Gasteiger partial charge on any atom is 0.269 e. The van der Waals surface area contributed by atoms with Crippen molar-refractivity contribution in [3.8, 4) is 11.4 Å². The average Bonchev–Trinajstić information content (AvgIpc) is 2.95. The first-order chi connectivity index (χ1) is 9.58. The minimum Gasteiger partial charge on any atom is -0.496 e. The second-order valence-electron chi connectivity index (χ2n) is 4.41. The largest absolute Gasteiger partial charge is 0.496 e. The Morgan fingerprint density at radius 3 is 2.75 bits per heavy atom. The van der Waals surface area contributed by atoms with Crippen molar-refractivity contribution in [1.82, 2.24) is 15.1 Å². The second kappa shape index (κ2) is 5.75. The lowest BCUT2D eigenvalue weighted by molar-refractivity contribution is 0.0995. The van der Waals surface area contributed by atoms with E-state index in [9.17, 15) is 4.79 Å². The van der Waals surface area contributed by atoms with E-state index in [1.54, 1.807) is 24.1 Å². The van der Waals surface area contributed by atoms with Crippen LogP contribution in [0.1, 0.15) is 29.0 Å². The number of carbonyl (C=O) groups is 1. The van der Waals surface area contributed by atoms with E-state index < -0.39 is 5.91 Å². The van der Waals surface area contributed by atoms with Gasteiger partial charge in [0.05, 0.1) is 12.8 Å². The van der Waals surface area contributed by atoms with Gasteiger partial charge in [0.2, 0.25) is 0 Å². The van der Waals surface area contributed by atoms with Crippen molar-refractivity contribution >= 4 is 5.91 Å².